The van der Waals surface area contributed by atoms with Crippen LogP contribution in [0.3, 0.4) is 0 Å². The zero-order valence-corrected chi connectivity index (χ0v) is 16.1. The molecule has 0 N–H and O–H groups in total. The molecule has 2 aliphatic heterocycles. The summed E-state index contributed by atoms with van der Waals surface area (Å²) in [6.07, 6.45) is 3.63. The number of amides is 2. The monoisotopic (exact) mass is 396 g/mol. The minimum absolute atomic E-state index is 0.0149. The van der Waals surface area contributed by atoms with Gasteiger partial charge in [-0.25, -0.2) is 17.1 Å². The minimum atomic E-state index is -3.59. The van der Waals surface area contributed by atoms with Crippen LogP contribution in [0, 0.1) is 5.82 Å². The van der Waals surface area contributed by atoms with E-state index in [2.05, 4.69) is 0 Å². The van der Waals surface area contributed by atoms with Crippen LogP contribution in [-0.4, -0.2) is 54.8 Å². The summed E-state index contributed by atoms with van der Waals surface area (Å²) in [5.74, 6) is -1.13. The molecule has 0 aliphatic carbocycles. The standard InChI is InChI=1S/C19H25FN2O4S/c20-17-9-7-15(8-10-17)16-4-1-2-11-21(14-16)27(25,26)13-12-22-18(23)5-3-6-19(22)24/h7-10,16H,1-6,11-14H2/t16-/m1/s1. The number of piperidine rings is 1. The Balaban J connectivity index is 1.67. The number of benzene rings is 1. The smallest absolute Gasteiger partial charge is 0.229 e. The maximum atomic E-state index is 13.2. The van der Waals surface area contributed by atoms with Crippen LogP contribution < -0.4 is 0 Å². The molecule has 0 bridgehead atoms. The van der Waals surface area contributed by atoms with Gasteiger partial charge in [0.15, 0.2) is 0 Å². The number of rotatable bonds is 5. The van der Waals surface area contributed by atoms with Crippen LogP contribution in [-0.2, 0) is 19.6 Å². The highest BCUT2D eigenvalue weighted by Crippen LogP contribution is 2.28. The molecule has 2 saturated heterocycles. The molecule has 0 spiro atoms. The molecule has 0 aromatic heterocycles. The number of imide groups is 1. The highest BCUT2D eigenvalue weighted by Gasteiger charge is 2.31. The van der Waals surface area contributed by atoms with E-state index in [4.69, 9.17) is 0 Å². The molecule has 0 saturated carbocycles. The van der Waals surface area contributed by atoms with Crippen molar-refractivity contribution < 1.29 is 22.4 Å². The summed E-state index contributed by atoms with van der Waals surface area (Å²) in [7, 11) is -3.59. The van der Waals surface area contributed by atoms with Crippen molar-refractivity contribution in [2.75, 3.05) is 25.4 Å². The van der Waals surface area contributed by atoms with Gasteiger partial charge in [-0.05, 0) is 42.9 Å². The molecule has 8 heteroatoms. The molecule has 1 atom stereocenters. The number of carbonyl (C=O) groups is 2. The number of halogens is 1. The zero-order chi connectivity index (χ0) is 19.4. The Labute approximate surface area is 159 Å². The predicted octanol–water partition coefficient (Wildman–Crippen LogP) is 2.26. The van der Waals surface area contributed by atoms with Crippen molar-refractivity contribution in [3.63, 3.8) is 0 Å². The van der Waals surface area contributed by atoms with Crippen LogP contribution in [0.2, 0.25) is 0 Å². The summed E-state index contributed by atoms with van der Waals surface area (Å²) >= 11 is 0. The normalized spacial score (nSPS) is 22.7. The first-order valence-electron chi connectivity index (χ1n) is 9.43. The van der Waals surface area contributed by atoms with Crippen molar-refractivity contribution in [3.05, 3.63) is 35.6 Å². The molecule has 148 valence electrons. The molecule has 3 rings (SSSR count). The molecular weight excluding hydrogens is 371 g/mol. The molecule has 2 fully saturated rings. The van der Waals surface area contributed by atoms with E-state index < -0.39 is 10.0 Å². The first-order valence-corrected chi connectivity index (χ1v) is 11.0. The third kappa shape index (κ3) is 4.93. The lowest BCUT2D eigenvalue weighted by molar-refractivity contribution is -0.147. The van der Waals surface area contributed by atoms with Gasteiger partial charge in [0.05, 0.1) is 5.75 Å². The topological polar surface area (TPSA) is 74.8 Å². The summed E-state index contributed by atoms with van der Waals surface area (Å²) in [5.41, 5.74) is 0.930. The second kappa shape index (κ2) is 8.48. The number of sulfonamides is 1. The van der Waals surface area contributed by atoms with Crippen LogP contribution in [0.25, 0.3) is 0 Å². The summed E-state index contributed by atoms with van der Waals surface area (Å²) in [6.45, 7) is 0.690. The van der Waals surface area contributed by atoms with E-state index in [0.29, 0.717) is 32.4 Å². The Bertz CT molecular complexity index is 778. The molecule has 0 radical (unpaired) electrons. The fourth-order valence-corrected chi connectivity index (χ4v) is 5.24. The molecule has 1 aromatic rings. The fraction of sp³-hybridized carbons (Fsp3) is 0.579. The average Bonchev–Trinajstić information content (AvgIpc) is 2.89. The van der Waals surface area contributed by atoms with Gasteiger partial charge in [-0.1, -0.05) is 18.6 Å². The van der Waals surface area contributed by atoms with E-state index >= 15 is 0 Å². The second-order valence-electron chi connectivity index (χ2n) is 7.21. The van der Waals surface area contributed by atoms with Gasteiger partial charge >= 0.3 is 0 Å². The number of hydrogen-bond acceptors (Lipinski definition) is 4. The van der Waals surface area contributed by atoms with Crippen molar-refractivity contribution in [3.8, 4) is 0 Å². The van der Waals surface area contributed by atoms with E-state index in [1.165, 1.54) is 16.4 Å². The molecule has 0 unspecified atom stereocenters. The highest BCUT2D eigenvalue weighted by atomic mass is 32.2. The number of hydrogen-bond donors (Lipinski definition) is 0. The first-order chi connectivity index (χ1) is 12.9. The van der Waals surface area contributed by atoms with Crippen LogP contribution in [0.1, 0.15) is 50.0 Å². The van der Waals surface area contributed by atoms with E-state index in [1.54, 1.807) is 12.1 Å². The van der Waals surface area contributed by atoms with E-state index in [1.807, 2.05) is 0 Å². The van der Waals surface area contributed by atoms with Crippen LogP contribution in [0.15, 0.2) is 24.3 Å². The highest BCUT2D eigenvalue weighted by molar-refractivity contribution is 7.89. The van der Waals surface area contributed by atoms with Gasteiger partial charge in [0, 0.05) is 32.5 Å². The van der Waals surface area contributed by atoms with E-state index in [9.17, 15) is 22.4 Å². The van der Waals surface area contributed by atoms with Crippen molar-refractivity contribution in [1.29, 1.82) is 0 Å². The second-order valence-corrected chi connectivity index (χ2v) is 9.30. The number of nitrogens with zero attached hydrogens (tertiary/aromatic N) is 2. The van der Waals surface area contributed by atoms with Crippen molar-refractivity contribution in [2.45, 2.75) is 44.4 Å². The van der Waals surface area contributed by atoms with Gasteiger partial charge in [0.2, 0.25) is 21.8 Å². The third-order valence-electron chi connectivity index (χ3n) is 5.33. The summed E-state index contributed by atoms with van der Waals surface area (Å²) in [6, 6.07) is 6.21. The minimum Gasteiger partial charge on any atom is -0.282 e. The van der Waals surface area contributed by atoms with E-state index in [-0.39, 0.29) is 35.8 Å². The van der Waals surface area contributed by atoms with Gasteiger partial charge < -0.3 is 0 Å². The van der Waals surface area contributed by atoms with E-state index in [0.717, 1.165) is 29.7 Å². The van der Waals surface area contributed by atoms with Gasteiger partial charge in [0.25, 0.3) is 0 Å². The Morgan fingerprint density at radius 2 is 1.67 bits per heavy atom. The fourth-order valence-electron chi connectivity index (χ4n) is 3.75. The Kier molecular flexibility index (Phi) is 6.26. The van der Waals surface area contributed by atoms with Crippen LogP contribution in [0.4, 0.5) is 4.39 Å². The maximum absolute atomic E-state index is 13.2. The van der Waals surface area contributed by atoms with Gasteiger partial charge in [-0.3, -0.25) is 14.5 Å². The summed E-state index contributed by atoms with van der Waals surface area (Å²) in [4.78, 5) is 24.8. The molecule has 1 aromatic carbocycles. The van der Waals surface area contributed by atoms with Crippen molar-refractivity contribution in [2.24, 2.45) is 0 Å². The Morgan fingerprint density at radius 1 is 1.00 bits per heavy atom. The summed E-state index contributed by atoms with van der Waals surface area (Å²) < 4.78 is 40.3. The quantitative estimate of drug-likeness (QED) is 0.716. The summed E-state index contributed by atoms with van der Waals surface area (Å²) in [5, 5.41) is 0. The van der Waals surface area contributed by atoms with Crippen LogP contribution in [0.5, 0.6) is 0 Å². The lowest BCUT2D eigenvalue weighted by Crippen LogP contribution is -2.45. The van der Waals surface area contributed by atoms with Gasteiger partial charge in [-0.15, -0.1) is 0 Å². The van der Waals surface area contributed by atoms with Crippen LogP contribution >= 0.6 is 0 Å². The average molecular weight is 396 g/mol. The first kappa shape index (κ1) is 19.9. The maximum Gasteiger partial charge on any atom is 0.229 e. The molecule has 2 aliphatic rings. The zero-order valence-electron chi connectivity index (χ0n) is 15.3. The molecule has 2 amide bonds. The molecule has 6 nitrogen and oxygen atoms in total. The third-order valence-corrected chi connectivity index (χ3v) is 7.14. The van der Waals surface area contributed by atoms with Crippen molar-refractivity contribution in [1.82, 2.24) is 9.21 Å². The van der Waals surface area contributed by atoms with Crippen molar-refractivity contribution >= 4 is 21.8 Å². The SMILES string of the molecule is O=C1CCCC(=O)N1CCS(=O)(=O)N1CCCC[C@@H](c2ccc(F)cc2)C1. The largest absolute Gasteiger partial charge is 0.282 e. The van der Waals surface area contributed by atoms with Gasteiger partial charge in [-0.2, -0.15) is 0 Å². The molecule has 2 heterocycles. The Morgan fingerprint density at radius 3 is 2.33 bits per heavy atom. The molecule has 27 heavy (non-hydrogen) atoms. The lowest BCUT2D eigenvalue weighted by atomic mass is 9.95. The Hall–Kier alpha value is -1.80. The number of likely N-dealkylation sites (tertiary alicyclic amines) is 1. The molecular formula is C19H25FN2O4S. The lowest BCUT2D eigenvalue weighted by Gasteiger charge is -2.27. The predicted molar refractivity (Wildman–Crippen MR) is 98.9 cm³/mol. The van der Waals surface area contributed by atoms with Gasteiger partial charge in [0.1, 0.15) is 5.82 Å². The number of carbonyl (C=O) groups excluding carboxylic acids is 2.